The summed E-state index contributed by atoms with van der Waals surface area (Å²) in [6.07, 6.45) is 0. The zero-order chi connectivity index (χ0) is 15.3. The molecule has 22 heavy (non-hydrogen) atoms. The van der Waals surface area contributed by atoms with Crippen LogP contribution in [0, 0.1) is 13.8 Å². The normalized spacial score (nSPS) is 22.3. The van der Waals surface area contributed by atoms with Gasteiger partial charge in [-0.1, -0.05) is 59.3 Å². The molecule has 2 aliphatic heterocycles. The molecule has 0 saturated carbocycles. The van der Waals surface area contributed by atoms with Gasteiger partial charge in [-0.25, -0.2) is 0 Å². The summed E-state index contributed by atoms with van der Waals surface area (Å²) < 4.78 is 0. The quantitative estimate of drug-likeness (QED) is 0.851. The Morgan fingerprint density at radius 2 is 1.77 bits per heavy atom. The molecular weight excluding hydrogens is 294 g/mol. The van der Waals surface area contributed by atoms with Gasteiger partial charge in [0.2, 0.25) is 4.87 Å². The Balaban J connectivity index is 1.73. The molecule has 4 nitrogen and oxygen atoms in total. The van der Waals surface area contributed by atoms with E-state index in [0.717, 1.165) is 27.4 Å². The first-order chi connectivity index (χ1) is 10.6. The molecule has 2 heterocycles. The van der Waals surface area contributed by atoms with Crippen LogP contribution in [0.1, 0.15) is 22.3 Å². The molecule has 1 atom stereocenters. The Kier molecular flexibility index (Phi) is 2.81. The summed E-state index contributed by atoms with van der Waals surface area (Å²) in [6, 6.07) is 14.2. The van der Waals surface area contributed by atoms with Crippen LogP contribution in [0.25, 0.3) is 0 Å². The second-order valence-electron chi connectivity index (χ2n) is 5.68. The lowest BCUT2D eigenvalue weighted by Gasteiger charge is -2.20. The molecule has 0 unspecified atom stereocenters. The highest BCUT2D eigenvalue weighted by Crippen LogP contribution is 2.48. The molecule has 2 aromatic carbocycles. The minimum atomic E-state index is -0.846. The third-order valence-corrected chi connectivity index (χ3v) is 5.31. The van der Waals surface area contributed by atoms with Gasteiger partial charge in [0.1, 0.15) is 5.04 Å². The third kappa shape index (κ3) is 1.85. The van der Waals surface area contributed by atoms with Crippen LogP contribution in [0.5, 0.6) is 0 Å². The second-order valence-corrected chi connectivity index (χ2v) is 6.88. The number of thioether (sulfide) groups is 1. The number of benzene rings is 2. The lowest BCUT2D eigenvalue weighted by molar-refractivity contribution is -0.118. The topological polar surface area (TPSA) is 53.5 Å². The lowest BCUT2D eigenvalue weighted by atomic mass is 10.1. The van der Waals surface area contributed by atoms with Gasteiger partial charge in [-0.3, -0.25) is 10.2 Å². The maximum Gasteiger partial charge on any atom is 0.267 e. The number of fused-ring (bicyclic) bond motifs is 2. The number of nitrogens with zero attached hydrogens (tertiary/aromatic N) is 1. The molecule has 0 saturated heterocycles. The fourth-order valence-corrected chi connectivity index (χ4v) is 3.89. The summed E-state index contributed by atoms with van der Waals surface area (Å²) in [4.78, 5) is 11.7. The van der Waals surface area contributed by atoms with E-state index >= 15 is 0 Å². The van der Waals surface area contributed by atoms with Gasteiger partial charge in [-0.15, -0.1) is 0 Å². The summed E-state index contributed by atoms with van der Waals surface area (Å²) in [5.41, 5.74) is 8.23. The van der Waals surface area contributed by atoms with Crippen LogP contribution in [0.2, 0.25) is 0 Å². The maximum atomic E-state index is 12.5. The van der Waals surface area contributed by atoms with Crippen molar-refractivity contribution in [2.75, 3.05) is 5.32 Å². The van der Waals surface area contributed by atoms with Crippen molar-refractivity contribution in [2.24, 2.45) is 5.10 Å². The van der Waals surface area contributed by atoms with Crippen LogP contribution in [-0.2, 0) is 9.67 Å². The number of hydrogen-bond donors (Lipinski definition) is 2. The highest BCUT2D eigenvalue weighted by Gasteiger charge is 2.51. The van der Waals surface area contributed by atoms with Crippen molar-refractivity contribution in [1.82, 2.24) is 5.43 Å². The first-order valence-corrected chi connectivity index (χ1v) is 7.94. The zero-order valence-corrected chi connectivity index (χ0v) is 13.1. The number of hydrogen-bond acceptors (Lipinski definition) is 4. The predicted molar refractivity (Wildman–Crippen MR) is 89.9 cm³/mol. The first-order valence-electron chi connectivity index (χ1n) is 7.12. The number of anilines is 1. The molecule has 4 rings (SSSR count). The molecule has 110 valence electrons. The van der Waals surface area contributed by atoms with Crippen LogP contribution in [0.4, 0.5) is 5.69 Å². The van der Waals surface area contributed by atoms with E-state index in [0.29, 0.717) is 0 Å². The Bertz CT molecular complexity index is 813. The number of hydrazone groups is 1. The largest absolute Gasteiger partial charge is 0.323 e. The monoisotopic (exact) mass is 309 g/mol. The Morgan fingerprint density at radius 1 is 1.05 bits per heavy atom. The van der Waals surface area contributed by atoms with E-state index in [4.69, 9.17) is 0 Å². The van der Waals surface area contributed by atoms with Gasteiger partial charge in [0, 0.05) is 16.8 Å². The number of carbonyl (C=O) groups is 1. The average Bonchev–Trinajstić information content (AvgIpc) is 3.06. The van der Waals surface area contributed by atoms with E-state index in [1.165, 1.54) is 17.3 Å². The standard InChI is InChI=1S/C17H15N3OS/c1-10-3-6-12(7-4-10)15-19-20-17(22-15)13-9-11(2)5-8-14(13)18-16(17)21/h3-9,20H,1-2H3,(H,18,21)/t17-/m1/s1. The van der Waals surface area contributed by atoms with Crippen LogP contribution < -0.4 is 10.7 Å². The molecule has 1 amide bonds. The molecule has 5 heteroatoms. The molecule has 1 spiro atoms. The minimum Gasteiger partial charge on any atom is -0.323 e. The average molecular weight is 309 g/mol. The maximum absolute atomic E-state index is 12.5. The van der Waals surface area contributed by atoms with E-state index in [9.17, 15) is 4.79 Å². The zero-order valence-electron chi connectivity index (χ0n) is 12.3. The van der Waals surface area contributed by atoms with Crippen molar-refractivity contribution in [3.63, 3.8) is 0 Å². The van der Waals surface area contributed by atoms with E-state index in [-0.39, 0.29) is 5.91 Å². The van der Waals surface area contributed by atoms with Crippen LogP contribution >= 0.6 is 11.8 Å². The first kappa shape index (κ1) is 13.4. The van der Waals surface area contributed by atoms with Crippen LogP contribution in [-0.4, -0.2) is 11.0 Å². The predicted octanol–water partition coefficient (Wildman–Crippen LogP) is 3.11. The number of amides is 1. The van der Waals surface area contributed by atoms with Crippen molar-refractivity contribution in [2.45, 2.75) is 18.7 Å². The number of rotatable bonds is 1. The Labute approximate surface area is 133 Å². The van der Waals surface area contributed by atoms with E-state index < -0.39 is 4.87 Å². The van der Waals surface area contributed by atoms with Crippen molar-refractivity contribution >= 4 is 28.4 Å². The molecule has 0 radical (unpaired) electrons. The summed E-state index contributed by atoms with van der Waals surface area (Å²) in [7, 11) is 0. The van der Waals surface area contributed by atoms with Gasteiger partial charge in [0.05, 0.1) is 0 Å². The number of carbonyl (C=O) groups excluding carboxylic acids is 1. The summed E-state index contributed by atoms with van der Waals surface area (Å²) in [6.45, 7) is 4.08. The highest BCUT2D eigenvalue weighted by molar-refractivity contribution is 8.16. The molecule has 0 fully saturated rings. The summed E-state index contributed by atoms with van der Waals surface area (Å²) in [5, 5.41) is 8.20. The van der Waals surface area contributed by atoms with Gasteiger partial charge in [0.25, 0.3) is 5.91 Å². The second kappa shape index (κ2) is 4.61. The molecule has 2 aliphatic rings. The number of nitrogens with one attached hydrogen (secondary N) is 2. The lowest BCUT2D eigenvalue weighted by Crippen LogP contribution is -2.39. The summed E-state index contributed by atoms with van der Waals surface area (Å²) in [5.74, 6) is -0.0658. The smallest absolute Gasteiger partial charge is 0.267 e. The van der Waals surface area contributed by atoms with E-state index in [1.807, 2.05) is 37.3 Å². The van der Waals surface area contributed by atoms with Gasteiger partial charge in [-0.05, 0) is 19.9 Å². The van der Waals surface area contributed by atoms with Crippen molar-refractivity contribution in [3.05, 3.63) is 64.7 Å². The Hall–Kier alpha value is -2.27. The van der Waals surface area contributed by atoms with Gasteiger partial charge < -0.3 is 5.32 Å². The molecule has 2 aromatic rings. The van der Waals surface area contributed by atoms with Crippen molar-refractivity contribution in [1.29, 1.82) is 0 Å². The molecule has 0 aliphatic carbocycles. The van der Waals surface area contributed by atoms with Crippen LogP contribution in [0.3, 0.4) is 0 Å². The fraction of sp³-hybridized carbons (Fsp3) is 0.176. The third-order valence-electron chi connectivity index (χ3n) is 3.99. The van der Waals surface area contributed by atoms with E-state index in [1.54, 1.807) is 0 Å². The fourth-order valence-electron chi connectivity index (χ4n) is 2.74. The molecule has 0 aromatic heterocycles. The van der Waals surface area contributed by atoms with Gasteiger partial charge >= 0.3 is 0 Å². The van der Waals surface area contributed by atoms with Crippen LogP contribution in [0.15, 0.2) is 47.6 Å². The van der Waals surface area contributed by atoms with Crippen molar-refractivity contribution in [3.8, 4) is 0 Å². The Morgan fingerprint density at radius 3 is 2.55 bits per heavy atom. The van der Waals surface area contributed by atoms with E-state index in [2.05, 4.69) is 34.9 Å². The highest BCUT2D eigenvalue weighted by atomic mass is 32.2. The summed E-state index contributed by atoms with van der Waals surface area (Å²) >= 11 is 1.47. The van der Waals surface area contributed by atoms with Gasteiger partial charge in [-0.2, -0.15) is 5.10 Å². The van der Waals surface area contributed by atoms with Gasteiger partial charge in [0.15, 0.2) is 0 Å². The molecule has 0 bridgehead atoms. The SMILES string of the molecule is Cc1ccc(C2=NN[C@]3(S2)C(=O)Nc2ccc(C)cc23)cc1. The minimum absolute atomic E-state index is 0.0658. The van der Waals surface area contributed by atoms with Crippen molar-refractivity contribution < 1.29 is 4.79 Å². The molecule has 2 N–H and O–H groups in total. The number of aryl methyl sites for hydroxylation is 2. The molecular formula is C17H15N3OS.